The molecule has 1 heterocycles. The van der Waals surface area contributed by atoms with Crippen LogP contribution in [0.2, 0.25) is 0 Å². The minimum Gasteiger partial charge on any atom is -0.493 e. The van der Waals surface area contributed by atoms with Gasteiger partial charge in [-0.2, -0.15) is 5.10 Å². The summed E-state index contributed by atoms with van der Waals surface area (Å²) in [7, 11) is 1.70. The van der Waals surface area contributed by atoms with Crippen molar-refractivity contribution >= 4 is 5.57 Å². The Kier molecular flexibility index (Phi) is 7.26. The number of hydrogen-bond donors (Lipinski definition) is 1. The molecule has 0 aliphatic carbocycles. The molecule has 0 bridgehead atoms. The van der Waals surface area contributed by atoms with Crippen LogP contribution in [-0.2, 0) is 6.54 Å². The summed E-state index contributed by atoms with van der Waals surface area (Å²) >= 11 is 0. The highest BCUT2D eigenvalue weighted by Crippen LogP contribution is 2.25. The van der Waals surface area contributed by atoms with Gasteiger partial charge in [-0.1, -0.05) is 19.9 Å². The molecule has 0 atom stereocenters. The van der Waals surface area contributed by atoms with E-state index in [0.29, 0.717) is 0 Å². The molecule has 0 amide bonds. The number of aromatic nitrogens is 2. The van der Waals surface area contributed by atoms with Crippen molar-refractivity contribution in [3.05, 3.63) is 18.0 Å². The smallest absolute Gasteiger partial charge is 0.164 e. The van der Waals surface area contributed by atoms with Crippen LogP contribution in [0, 0.1) is 0 Å². The van der Waals surface area contributed by atoms with Crippen molar-refractivity contribution in [2.75, 3.05) is 20.2 Å². The molecule has 1 aromatic rings. The van der Waals surface area contributed by atoms with Crippen LogP contribution in [0.25, 0.3) is 5.57 Å². The highest BCUT2D eigenvalue weighted by atomic mass is 16.5. The minimum absolute atomic E-state index is 0.865. The van der Waals surface area contributed by atoms with E-state index in [0.717, 1.165) is 43.9 Å². The lowest BCUT2D eigenvalue weighted by Crippen LogP contribution is -2.15. The third-order valence-corrected chi connectivity index (χ3v) is 3.03. The maximum Gasteiger partial charge on any atom is 0.164 e. The van der Waals surface area contributed by atoms with Crippen LogP contribution in [0.3, 0.4) is 0 Å². The number of methoxy groups -OCH3 is 1. The van der Waals surface area contributed by atoms with E-state index in [1.165, 1.54) is 12.0 Å². The van der Waals surface area contributed by atoms with Crippen LogP contribution in [0.5, 0.6) is 5.75 Å². The third kappa shape index (κ3) is 4.71. The molecule has 4 nitrogen and oxygen atoms in total. The first kappa shape index (κ1) is 15.8. The summed E-state index contributed by atoms with van der Waals surface area (Å²) in [6.45, 7) is 9.51. The molecule has 0 aliphatic rings. The zero-order valence-electron chi connectivity index (χ0n) is 12.7. The first-order chi connectivity index (χ1) is 9.24. The summed E-state index contributed by atoms with van der Waals surface area (Å²) in [5, 5.41) is 7.80. The van der Waals surface area contributed by atoms with Crippen LogP contribution in [-0.4, -0.2) is 30.0 Å². The Balaban J connectivity index is 2.70. The van der Waals surface area contributed by atoms with Gasteiger partial charge in [-0.25, -0.2) is 0 Å². The number of nitrogens with zero attached hydrogens (tertiary/aromatic N) is 2. The van der Waals surface area contributed by atoms with E-state index in [-0.39, 0.29) is 0 Å². The number of nitrogens with one attached hydrogen (secondary N) is 1. The molecule has 0 unspecified atom stereocenters. The zero-order chi connectivity index (χ0) is 14.1. The van der Waals surface area contributed by atoms with Crippen molar-refractivity contribution < 1.29 is 4.74 Å². The molecule has 0 saturated heterocycles. The number of hydrogen-bond acceptors (Lipinski definition) is 3. The van der Waals surface area contributed by atoms with Crippen LogP contribution >= 0.6 is 0 Å². The fraction of sp³-hybridized carbons (Fsp3) is 0.667. The third-order valence-electron chi connectivity index (χ3n) is 3.03. The van der Waals surface area contributed by atoms with E-state index < -0.39 is 0 Å². The predicted octanol–water partition coefficient (Wildman–Crippen LogP) is 3.09. The van der Waals surface area contributed by atoms with Crippen molar-refractivity contribution in [2.45, 2.75) is 46.6 Å². The van der Waals surface area contributed by atoms with Crippen molar-refractivity contribution in [3.8, 4) is 5.75 Å². The summed E-state index contributed by atoms with van der Waals surface area (Å²) in [5.41, 5.74) is 2.35. The molecule has 0 spiro atoms. The SMILES string of the molecule is CCCNCC/C=C(/C)c1c(OC)cnn1CCC. The Morgan fingerprint density at radius 2 is 2.16 bits per heavy atom. The number of allylic oxidation sites excluding steroid dienone is 1. The molecular weight excluding hydrogens is 238 g/mol. The molecule has 1 N–H and O–H groups in total. The topological polar surface area (TPSA) is 39.1 Å². The van der Waals surface area contributed by atoms with E-state index in [2.05, 4.69) is 37.3 Å². The van der Waals surface area contributed by atoms with Crippen molar-refractivity contribution in [2.24, 2.45) is 0 Å². The largest absolute Gasteiger partial charge is 0.493 e. The second kappa shape index (κ2) is 8.75. The monoisotopic (exact) mass is 265 g/mol. The number of rotatable bonds is 9. The van der Waals surface area contributed by atoms with Crippen molar-refractivity contribution in [1.29, 1.82) is 0 Å². The Morgan fingerprint density at radius 1 is 1.37 bits per heavy atom. The Hall–Kier alpha value is -1.29. The molecular formula is C15H27N3O. The normalized spacial score (nSPS) is 11.9. The molecule has 0 aromatic carbocycles. The van der Waals surface area contributed by atoms with Gasteiger partial charge in [0.25, 0.3) is 0 Å². The molecule has 0 saturated carbocycles. The van der Waals surface area contributed by atoms with Gasteiger partial charge in [0.2, 0.25) is 0 Å². The summed E-state index contributed by atoms with van der Waals surface area (Å²) in [4.78, 5) is 0. The Labute approximate surface area is 116 Å². The summed E-state index contributed by atoms with van der Waals surface area (Å²) < 4.78 is 7.43. The Bertz CT molecular complexity index is 396. The lowest BCUT2D eigenvalue weighted by Gasteiger charge is -2.09. The van der Waals surface area contributed by atoms with Crippen LogP contribution in [0.15, 0.2) is 12.3 Å². The van der Waals surface area contributed by atoms with Gasteiger partial charge in [0, 0.05) is 6.54 Å². The van der Waals surface area contributed by atoms with Gasteiger partial charge < -0.3 is 10.1 Å². The van der Waals surface area contributed by atoms with Gasteiger partial charge in [0.15, 0.2) is 5.75 Å². The van der Waals surface area contributed by atoms with E-state index >= 15 is 0 Å². The molecule has 19 heavy (non-hydrogen) atoms. The van der Waals surface area contributed by atoms with E-state index in [1.807, 2.05) is 4.68 Å². The molecule has 0 fully saturated rings. The lowest BCUT2D eigenvalue weighted by atomic mass is 10.1. The summed E-state index contributed by atoms with van der Waals surface area (Å²) in [6, 6.07) is 0. The maximum atomic E-state index is 5.40. The highest BCUT2D eigenvalue weighted by molar-refractivity contribution is 5.65. The van der Waals surface area contributed by atoms with Gasteiger partial charge in [0.05, 0.1) is 13.3 Å². The van der Waals surface area contributed by atoms with E-state index in [9.17, 15) is 0 Å². The van der Waals surface area contributed by atoms with E-state index in [1.54, 1.807) is 13.3 Å². The summed E-state index contributed by atoms with van der Waals surface area (Å²) in [5.74, 6) is 0.865. The van der Waals surface area contributed by atoms with Gasteiger partial charge in [0.1, 0.15) is 5.69 Å². The fourth-order valence-electron chi connectivity index (χ4n) is 2.09. The fourth-order valence-corrected chi connectivity index (χ4v) is 2.09. The van der Waals surface area contributed by atoms with Crippen LogP contribution < -0.4 is 10.1 Å². The average Bonchev–Trinajstić information content (AvgIpc) is 2.81. The summed E-state index contributed by atoms with van der Waals surface area (Å²) in [6.07, 6.45) is 7.35. The van der Waals surface area contributed by atoms with Crippen molar-refractivity contribution in [3.63, 3.8) is 0 Å². The molecule has 0 aliphatic heterocycles. The van der Waals surface area contributed by atoms with Gasteiger partial charge >= 0.3 is 0 Å². The molecule has 1 aromatic heterocycles. The molecule has 1 rings (SSSR count). The molecule has 0 radical (unpaired) electrons. The Morgan fingerprint density at radius 3 is 2.79 bits per heavy atom. The van der Waals surface area contributed by atoms with E-state index in [4.69, 9.17) is 4.74 Å². The first-order valence-electron chi connectivity index (χ1n) is 7.22. The average molecular weight is 265 g/mol. The van der Waals surface area contributed by atoms with Gasteiger partial charge in [-0.3, -0.25) is 4.68 Å². The maximum absolute atomic E-state index is 5.40. The zero-order valence-corrected chi connectivity index (χ0v) is 12.7. The lowest BCUT2D eigenvalue weighted by molar-refractivity contribution is 0.412. The number of ether oxygens (including phenoxy) is 1. The molecule has 4 heteroatoms. The second-order valence-electron chi connectivity index (χ2n) is 4.71. The van der Waals surface area contributed by atoms with Crippen molar-refractivity contribution in [1.82, 2.24) is 15.1 Å². The van der Waals surface area contributed by atoms with Crippen LogP contribution in [0.1, 0.15) is 45.7 Å². The second-order valence-corrected chi connectivity index (χ2v) is 4.71. The predicted molar refractivity (Wildman–Crippen MR) is 80.5 cm³/mol. The number of aryl methyl sites for hydroxylation is 1. The first-order valence-corrected chi connectivity index (χ1v) is 7.22. The quantitative estimate of drug-likeness (QED) is 0.697. The van der Waals surface area contributed by atoms with Gasteiger partial charge in [-0.15, -0.1) is 0 Å². The standard InChI is InChI=1S/C15H27N3O/c1-5-9-16-10-7-8-13(3)15-14(19-4)12-17-18(15)11-6-2/h8,12,16H,5-7,9-11H2,1-4H3/b13-8-. The van der Waals surface area contributed by atoms with Crippen LogP contribution in [0.4, 0.5) is 0 Å². The minimum atomic E-state index is 0.865. The highest BCUT2D eigenvalue weighted by Gasteiger charge is 2.12. The van der Waals surface area contributed by atoms with Gasteiger partial charge in [-0.05, 0) is 44.8 Å². The molecule has 108 valence electrons.